The number of guanidine groups is 1. The predicted molar refractivity (Wildman–Crippen MR) is 124 cm³/mol. The second kappa shape index (κ2) is 10.2. The highest BCUT2D eigenvalue weighted by Crippen LogP contribution is 2.43. The van der Waals surface area contributed by atoms with Crippen LogP contribution in [0.3, 0.4) is 0 Å². The molecule has 166 valence electrons. The highest BCUT2D eigenvalue weighted by Gasteiger charge is 2.42. The van der Waals surface area contributed by atoms with E-state index < -0.39 is 11.6 Å². The van der Waals surface area contributed by atoms with E-state index in [0.29, 0.717) is 24.8 Å². The molecule has 1 heterocycles. The summed E-state index contributed by atoms with van der Waals surface area (Å²) in [5.41, 5.74) is 0.158. The molecule has 0 spiro atoms. The van der Waals surface area contributed by atoms with Crippen molar-refractivity contribution in [1.82, 2.24) is 15.5 Å². The number of hydrogen-bond donors (Lipinski definition) is 2. The average Bonchev–Trinajstić information content (AvgIpc) is 3.31. The van der Waals surface area contributed by atoms with Crippen LogP contribution in [0.2, 0.25) is 0 Å². The number of nitrogens with one attached hydrogen (secondary N) is 2. The third-order valence-corrected chi connectivity index (χ3v) is 6.50. The molecule has 8 heteroatoms. The molecule has 3 unspecified atom stereocenters. The molecule has 0 bridgehead atoms. The van der Waals surface area contributed by atoms with Crippen molar-refractivity contribution in [3.8, 4) is 0 Å². The van der Waals surface area contributed by atoms with Gasteiger partial charge in [-0.25, -0.2) is 8.78 Å². The van der Waals surface area contributed by atoms with Crippen LogP contribution in [-0.4, -0.2) is 49.0 Å². The van der Waals surface area contributed by atoms with Crippen LogP contribution in [0.1, 0.15) is 56.4 Å². The van der Waals surface area contributed by atoms with Gasteiger partial charge in [0.05, 0.1) is 0 Å². The number of aliphatic imine (C=N–C) groups is 1. The first-order chi connectivity index (χ1) is 14.1. The van der Waals surface area contributed by atoms with E-state index in [2.05, 4.69) is 15.6 Å². The van der Waals surface area contributed by atoms with Gasteiger partial charge in [0.2, 0.25) is 5.91 Å². The van der Waals surface area contributed by atoms with Gasteiger partial charge in [0.1, 0.15) is 11.6 Å². The monoisotopic (exact) mass is 532 g/mol. The van der Waals surface area contributed by atoms with Gasteiger partial charge in [0.15, 0.2) is 5.96 Å². The Bertz CT molecular complexity index is 764. The third kappa shape index (κ3) is 5.23. The standard InChI is InChI=1S/C22H30F2N4O.HI/c1-25-22(27-19-12-16(19)20-17(23)8-5-9-18(20)24)26-15-10-11-28(13-15)21(29)14-6-3-2-4-7-14;/h5,8-9,14-16,19H,2-4,6-7,10-13H2,1H3,(H2,25,26,27);1H. The predicted octanol–water partition coefficient (Wildman–Crippen LogP) is 3.78. The van der Waals surface area contributed by atoms with Gasteiger partial charge in [0.25, 0.3) is 0 Å². The molecule has 3 fully saturated rings. The summed E-state index contributed by atoms with van der Waals surface area (Å²) >= 11 is 0. The molecule has 1 saturated heterocycles. The zero-order chi connectivity index (χ0) is 20.4. The first-order valence-electron chi connectivity index (χ1n) is 10.8. The Labute approximate surface area is 194 Å². The van der Waals surface area contributed by atoms with Crippen LogP contribution in [0.4, 0.5) is 8.78 Å². The number of carbonyl (C=O) groups excluding carboxylic acids is 1. The summed E-state index contributed by atoms with van der Waals surface area (Å²) in [4.78, 5) is 19.0. The van der Waals surface area contributed by atoms with Crippen molar-refractivity contribution < 1.29 is 13.6 Å². The second-order valence-electron chi connectivity index (χ2n) is 8.55. The van der Waals surface area contributed by atoms with Gasteiger partial charge in [-0.15, -0.1) is 24.0 Å². The van der Waals surface area contributed by atoms with E-state index in [0.717, 1.165) is 38.6 Å². The summed E-state index contributed by atoms with van der Waals surface area (Å²) in [5, 5.41) is 6.66. The van der Waals surface area contributed by atoms with Gasteiger partial charge < -0.3 is 15.5 Å². The van der Waals surface area contributed by atoms with E-state index in [4.69, 9.17) is 0 Å². The van der Waals surface area contributed by atoms with E-state index in [1.165, 1.54) is 24.6 Å². The minimum Gasteiger partial charge on any atom is -0.353 e. The quantitative estimate of drug-likeness (QED) is 0.353. The van der Waals surface area contributed by atoms with Crippen LogP contribution in [-0.2, 0) is 4.79 Å². The Morgan fingerprint density at radius 1 is 1.10 bits per heavy atom. The zero-order valence-corrected chi connectivity index (χ0v) is 19.7. The molecule has 2 N–H and O–H groups in total. The number of amides is 1. The fraction of sp³-hybridized carbons (Fsp3) is 0.636. The van der Waals surface area contributed by atoms with Crippen LogP contribution >= 0.6 is 24.0 Å². The molecular weight excluding hydrogens is 501 g/mol. The molecule has 0 radical (unpaired) electrons. The van der Waals surface area contributed by atoms with Crippen LogP contribution in [0.25, 0.3) is 0 Å². The largest absolute Gasteiger partial charge is 0.353 e. The van der Waals surface area contributed by atoms with E-state index in [-0.39, 0.29) is 53.5 Å². The molecular formula is C22H31F2IN4O. The Hall–Kier alpha value is -1.45. The number of nitrogens with zero attached hydrogens (tertiary/aromatic N) is 2. The number of carbonyl (C=O) groups is 1. The van der Waals surface area contributed by atoms with Gasteiger partial charge in [-0.2, -0.15) is 0 Å². The molecule has 2 saturated carbocycles. The maximum absolute atomic E-state index is 14.0. The lowest BCUT2D eigenvalue weighted by atomic mass is 9.88. The lowest BCUT2D eigenvalue weighted by Crippen LogP contribution is -2.46. The highest BCUT2D eigenvalue weighted by molar-refractivity contribution is 14.0. The summed E-state index contributed by atoms with van der Waals surface area (Å²) < 4.78 is 28.0. The van der Waals surface area contributed by atoms with E-state index in [1.54, 1.807) is 7.05 Å². The normalized spacial score (nSPS) is 26.8. The van der Waals surface area contributed by atoms with Crippen molar-refractivity contribution >= 4 is 35.8 Å². The molecule has 1 amide bonds. The van der Waals surface area contributed by atoms with Crippen LogP contribution in [0, 0.1) is 17.6 Å². The number of hydrogen-bond acceptors (Lipinski definition) is 2. The molecule has 0 aromatic heterocycles. The Morgan fingerprint density at radius 2 is 1.80 bits per heavy atom. The summed E-state index contributed by atoms with van der Waals surface area (Å²) in [6, 6.07) is 4.11. The van der Waals surface area contributed by atoms with Gasteiger partial charge in [-0.3, -0.25) is 9.79 Å². The smallest absolute Gasteiger partial charge is 0.225 e. The molecule has 5 nitrogen and oxygen atoms in total. The summed E-state index contributed by atoms with van der Waals surface area (Å²) in [6.45, 7) is 1.46. The van der Waals surface area contributed by atoms with Crippen molar-refractivity contribution in [1.29, 1.82) is 0 Å². The van der Waals surface area contributed by atoms with Crippen molar-refractivity contribution in [2.45, 2.75) is 62.9 Å². The topological polar surface area (TPSA) is 56.7 Å². The number of benzene rings is 1. The van der Waals surface area contributed by atoms with E-state index >= 15 is 0 Å². The van der Waals surface area contributed by atoms with Crippen LogP contribution in [0.5, 0.6) is 0 Å². The first kappa shape index (κ1) is 23.2. The molecule has 1 aromatic rings. The molecule has 1 aromatic carbocycles. The SMILES string of the molecule is CN=C(NC1CCN(C(=O)C2CCCCC2)C1)NC1CC1c1c(F)cccc1F.I. The maximum atomic E-state index is 14.0. The van der Waals surface area contributed by atoms with Gasteiger partial charge in [-0.05, 0) is 37.8 Å². The summed E-state index contributed by atoms with van der Waals surface area (Å²) in [5.74, 6) is -0.0317. The van der Waals surface area contributed by atoms with Crippen molar-refractivity contribution in [2.24, 2.45) is 10.9 Å². The molecule has 1 aliphatic heterocycles. The van der Waals surface area contributed by atoms with E-state index in [1.807, 2.05) is 4.90 Å². The van der Waals surface area contributed by atoms with Crippen molar-refractivity contribution in [2.75, 3.05) is 20.1 Å². The molecule has 3 aliphatic rings. The minimum absolute atomic E-state index is 0. The highest BCUT2D eigenvalue weighted by atomic mass is 127. The number of halogens is 3. The number of rotatable bonds is 4. The minimum atomic E-state index is -0.491. The fourth-order valence-corrected chi connectivity index (χ4v) is 4.76. The first-order valence-corrected chi connectivity index (χ1v) is 10.8. The van der Waals surface area contributed by atoms with Crippen molar-refractivity contribution in [3.63, 3.8) is 0 Å². The fourth-order valence-electron chi connectivity index (χ4n) is 4.76. The summed E-state index contributed by atoms with van der Waals surface area (Å²) in [7, 11) is 1.69. The van der Waals surface area contributed by atoms with Crippen LogP contribution in [0.15, 0.2) is 23.2 Å². The summed E-state index contributed by atoms with van der Waals surface area (Å²) in [6.07, 6.45) is 7.17. The van der Waals surface area contributed by atoms with E-state index in [9.17, 15) is 13.6 Å². The van der Waals surface area contributed by atoms with Crippen LogP contribution < -0.4 is 10.6 Å². The Kier molecular flexibility index (Phi) is 7.92. The number of likely N-dealkylation sites (tertiary alicyclic amines) is 1. The molecule has 4 rings (SSSR count). The zero-order valence-electron chi connectivity index (χ0n) is 17.4. The molecule has 3 atom stereocenters. The van der Waals surface area contributed by atoms with Gasteiger partial charge >= 0.3 is 0 Å². The van der Waals surface area contributed by atoms with Crippen molar-refractivity contribution in [3.05, 3.63) is 35.4 Å². The lowest BCUT2D eigenvalue weighted by molar-refractivity contribution is -0.135. The Morgan fingerprint density at radius 3 is 2.47 bits per heavy atom. The maximum Gasteiger partial charge on any atom is 0.225 e. The van der Waals surface area contributed by atoms with Gasteiger partial charge in [-0.1, -0.05) is 25.3 Å². The Balaban J connectivity index is 0.00000256. The second-order valence-corrected chi connectivity index (χ2v) is 8.55. The molecule has 30 heavy (non-hydrogen) atoms. The molecule has 2 aliphatic carbocycles. The average molecular weight is 532 g/mol. The van der Waals surface area contributed by atoms with Gasteiger partial charge in [0, 0.05) is 49.6 Å². The third-order valence-electron chi connectivity index (χ3n) is 6.50. The lowest BCUT2D eigenvalue weighted by Gasteiger charge is -2.26.